The fraction of sp³-hybridized carbons (Fsp3) is 0.160. The molecule has 2 amide bonds. The van der Waals surface area contributed by atoms with Gasteiger partial charge in [0.25, 0.3) is 5.56 Å². The van der Waals surface area contributed by atoms with Gasteiger partial charge < -0.3 is 10.1 Å². The van der Waals surface area contributed by atoms with Crippen LogP contribution in [0.1, 0.15) is 17.3 Å². The summed E-state index contributed by atoms with van der Waals surface area (Å²) < 4.78 is 30.4. The number of amides is 2. The number of methoxy groups -OCH3 is 1. The summed E-state index contributed by atoms with van der Waals surface area (Å²) in [5, 5.41) is 22.9. The number of tetrazole rings is 1. The quantitative estimate of drug-likeness (QED) is 0.240. The second kappa shape index (κ2) is 12.5. The molecule has 0 aliphatic rings. The molecule has 0 aliphatic heterocycles. The third-order valence-corrected chi connectivity index (χ3v) is 6.77. The Morgan fingerprint density at radius 2 is 1.93 bits per heavy atom. The second-order valence-electron chi connectivity index (χ2n) is 8.67. The van der Waals surface area contributed by atoms with Gasteiger partial charge >= 0.3 is 6.09 Å². The molecule has 0 bridgehead atoms. The third kappa shape index (κ3) is 7.83. The summed E-state index contributed by atoms with van der Waals surface area (Å²) in [7, 11) is -2.37. The van der Waals surface area contributed by atoms with Gasteiger partial charge in [-0.15, -0.1) is 5.10 Å². The van der Waals surface area contributed by atoms with Crippen molar-refractivity contribution in [2.75, 3.05) is 24.4 Å². The van der Waals surface area contributed by atoms with E-state index in [1.54, 1.807) is 42.5 Å². The lowest BCUT2D eigenvalue weighted by Crippen LogP contribution is -2.33. The molecule has 0 saturated carbocycles. The van der Waals surface area contributed by atoms with Crippen molar-refractivity contribution in [3.63, 3.8) is 0 Å². The van der Waals surface area contributed by atoms with E-state index in [0.29, 0.717) is 27.5 Å². The molecular formula is C25H23ClN8O6S. The number of sulfone groups is 1. The molecule has 0 saturated heterocycles. The Morgan fingerprint density at radius 1 is 1.17 bits per heavy atom. The van der Waals surface area contributed by atoms with Gasteiger partial charge in [-0.2, -0.15) is 9.78 Å². The van der Waals surface area contributed by atoms with Gasteiger partial charge in [0.15, 0.2) is 0 Å². The van der Waals surface area contributed by atoms with Gasteiger partial charge in [0, 0.05) is 28.6 Å². The van der Waals surface area contributed by atoms with Gasteiger partial charge in [0.2, 0.25) is 5.91 Å². The van der Waals surface area contributed by atoms with Crippen molar-refractivity contribution in [1.82, 2.24) is 35.7 Å². The lowest BCUT2D eigenvalue weighted by molar-refractivity contribution is -0.117. The zero-order valence-corrected chi connectivity index (χ0v) is 23.2. The first kappa shape index (κ1) is 29.1. The zero-order chi connectivity index (χ0) is 29.6. The van der Waals surface area contributed by atoms with Crippen molar-refractivity contribution in [3.05, 3.63) is 87.6 Å². The molecule has 4 rings (SSSR count). The molecule has 0 radical (unpaired) electrons. The first-order valence-corrected chi connectivity index (χ1v) is 14.2. The molecular weight excluding hydrogens is 576 g/mol. The van der Waals surface area contributed by atoms with Crippen molar-refractivity contribution < 1.29 is 22.7 Å². The summed E-state index contributed by atoms with van der Waals surface area (Å²) >= 11 is 6.12. The molecule has 1 atom stereocenters. The minimum absolute atomic E-state index is 0.112. The number of rotatable bonds is 9. The maximum absolute atomic E-state index is 12.9. The fourth-order valence-electron chi connectivity index (χ4n) is 3.74. The number of nitrogens with one attached hydrogen (secondary N) is 3. The van der Waals surface area contributed by atoms with Crippen LogP contribution in [0.3, 0.4) is 0 Å². The molecule has 2 aromatic heterocycles. The van der Waals surface area contributed by atoms with E-state index in [4.69, 9.17) is 11.6 Å². The molecule has 41 heavy (non-hydrogen) atoms. The largest absolute Gasteiger partial charge is 0.453 e. The zero-order valence-electron chi connectivity index (χ0n) is 21.6. The normalized spacial score (nSPS) is 12.2. The summed E-state index contributed by atoms with van der Waals surface area (Å²) in [4.78, 5) is 36.9. The summed E-state index contributed by atoms with van der Waals surface area (Å²) in [6, 6.07) is 11.5. The molecule has 0 spiro atoms. The number of benzene rings is 2. The van der Waals surface area contributed by atoms with Crippen molar-refractivity contribution in [1.29, 1.82) is 0 Å². The van der Waals surface area contributed by atoms with Crippen LogP contribution in [-0.2, 0) is 19.4 Å². The summed E-state index contributed by atoms with van der Waals surface area (Å²) in [6.45, 7) is 0. The van der Waals surface area contributed by atoms with E-state index >= 15 is 0 Å². The Kier molecular flexibility index (Phi) is 8.89. The summed E-state index contributed by atoms with van der Waals surface area (Å²) in [5.74, 6) is -1.12. The first-order valence-electron chi connectivity index (χ1n) is 11.8. The van der Waals surface area contributed by atoms with E-state index in [0.717, 1.165) is 6.26 Å². The number of hydrogen-bond acceptors (Lipinski definition) is 10. The number of halogens is 1. The average molecular weight is 599 g/mol. The Balaban J connectivity index is 1.60. The van der Waals surface area contributed by atoms with Crippen LogP contribution in [0.5, 0.6) is 0 Å². The molecule has 2 heterocycles. The van der Waals surface area contributed by atoms with Gasteiger partial charge in [-0.1, -0.05) is 23.7 Å². The summed E-state index contributed by atoms with van der Waals surface area (Å²) in [6.07, 6.45) is 4.43. The topological polar surface area (TPSA) is 191 Å². The standard InChI is InChI=1S/C25H23ClN8O6S/c1-40-25(37)28-18-7-3-15(4-8-18)19-12-20(30-31-24(19)36)21(13-41(2,38)39)29-23(35)10-5-16-11-17(26)6-9-22(16)34-14-27-32-33-34/h3-12,14,21H,13H2,1-2H3,(H,28,37)(H,29,35)(H,31,36). The van der Waals surface area contributed by atoms with E-state index in [2.05, 4.69) is 41.1 Å². The van der Waals surface area contributed by atoms with Gasteiger partial charge in [-0.3, -0.25) is 14.9 Å². The van der Waals surface area contributed by atoms with Gasteiger partial charge in [-0.25, -0.2) is 18.3 Å². The highest BCUT2D eigenvalue weighted by molar-refractivity contribution is 7.90. The predicted molar refractivity (Wildman–Crippen MR) is 150 cm³/mol. The minimum Gasteiger partial charge on any atom is -0.453 e. The number of anilines is 1. The minimum atomic E-state index is -3.60. The highest BCUT2D eigenvalue weighted by Gasteiger charge is 2.22. The third-order valence-electron chi connectivity index (χ3n) is 5.59. The van der Waals surface area contributed by atoms with Gasteiger partial charge in [-0.05, 0) is 58.5 Å². The van der Waals surface area contributed by atoms with Crippen LogP contribution in [-0.4, -0.2) is 69.9 Å². The molecule has 0 fully saturated rings. The van der Waals surface area contributed by atoms with Crippen LogP contribution in [0.4, 0.5) is 10.5 Å². The van der Waals surface area contributed by atoms with Crippen molar-refractivity contribution in [2.24, 2.45) is 0 Å². The molecule has 16 heteroatoms. The van der Waals surface area contributed by atoms with Crippen molar-refractivity contribution in [3.8, 4) is 16.8 Å². The Bertz CT molecular complexity index is 1760. The predicted octanol–water partition coefficient (Wildman–Crippen LogP) is 2.16. The van der Waals surface area contributed by atoms with Crippen LogP contribution in [0.25, 0.3) is 22.9 Å². The Hall–Kier alpha value is -4.89. The number of ether oxygens (including phenoxy) is 1. The van der Waals surface area contributed by atoms with E-state index in [1.807, 2.05) is 0 Å². The van der Waals surface area contributed by atoms with Crippen LogP contribution in [0, 0.1) is 0 Å². The average Bonchev–Trinajstić information content (AvgIpc) is 3.46. The van der Waals surface area contributed by atoms with Crippen LogP contribution < -0.4 is 16.2 Å². The van der Waals surface area contributed by atoms with E-state index in [1.165, 1.54) is 36.3 Å². The summed E-state index contributed by atoms with van der Waals surface area (Å²) in [5.41, 5.74) is 1.72. The van der Waals surface area contributed by atoms with E-state index in [9.17, 15) is 22.8 Å². The second-order valence-corrected chi connectivity index (χ2v) is 11.3. The fourth-order valence-corrected chi connectivity index (χ4v) is 4.78. The smallest absolute Gasteiger partial charge is 0.411 e. The molecule has 14 nitrogen and oxygen atoms in total. The number of carbonyl (C=O) groups is 2. The van der Waals surface area contributed by atoms with Crippen molar-refractivity contribution >= 4 is 45.2 Å². The monoisotopic (exact) mass is 598 g/mol. The lowest BCUT2D eigenvalue weighted by Gasteiger charge is -2.17. The van der Waals surface area contributed by atoms with Crippen LogP contribution in [0.2, 0.25) is 5.02 Å². The molecule has 212 valence electrons. The highest BCUT2D eigenvalue weighted by Crippen LogP contribution is 2.23. The molecule has 3 N–H and O–H groups in total. The van der Waals surface area contributed by atoms with Crippen LogP contribution >= 0.6 is 11.6 Å². The number of H-pyrrole nitrogens is 1. The number of aromatic amines is 1. The SMILES string of the molecule is COC(=O)Nc1ccc(-c2cc(C(CS(C)(=O)=O)NC(=O)C=Cc3cc(Cl)ccc3-n3cnnn3)n[nH]c2=O)cc1. The number of nitrogens with zero attached hydrogens (tertiary/aromatic N) is 5. The number of hydrogen-bond donors (Lipinski definition) is 3. The lowest BCUT2D eigenvalue weighted by atomic mass is 10.1. The van der Waals surface area contributed by atoms with E-state index in [-0.39, 0.29) is 11.3 Å². The number of aromatic nitrogens is 6. The maximum atomic E-state index is 12.9. The number of carbonyl (C=O) groups excluding carboxylic acids is 2. The maximum Gasteiger partial charge on any atom is 0.411 e. The van der Waals surface area contributed by atoms with Gasteiger partial charge in [0.1, 0.15) is 16.2 Å². The Labute approximate surface area is 238 Å². The Morgan fingerprint density at radius 3 is 2.59 bits per heavy atom. The van der Waals surface area contributed by atoms with Crippen molar-refractivity contribution in [2.45, 2.75) is 6.04 Å². The first-order chi connectivity index (χ1) is 19.5. The molecule has 0 aliphatic carbocycles. The molecule has 1 unspecified atom stereocenters. The van der Waals surface area contributed by atoms with Gasteiger partial charge in [0.05, 0.1) is 35.8 Å². The van der Waals surface area contributed by atoms with Crippen LogP contribution in [0.15, 0.2) is 65.7 Å². The highest BCUT2D eigenvalue weighted by atomic mass is 35.5. The molecule has 2 aromatic carbocycles. The molecule has 4 aromatic rings. The van der Waals surface area contributed by atoms with E-state index < -0.39 is 39.2 Å².